The Kier molecular flexibility index (Phi) is 16.0. The van der Waals surface area contributed by atoms with E-state index in [1.165, 1.54) is 6.39 Å². The molecule has 0 aliphatic carbocycles. The Balaban J connectivity index is 0.000000944. The van der Waals surface area contributed by atoms with E-state index in [0.717, 1.165) is 42.7 Å². The minimum absolute atomic E-state index is 0.243. The van der Waals surface area contributed by atoms with Crippen LogP contribution >= 0.6 is 0 Å². The molecule has 0 radical (unpaired) electrons. The van der Waals surface area contributed by atoms with Gasteiger partial charge < -0.3 is 39.8 Å². The number of carbonyl (C=O) groups is 3. The number of hydrogen-bond acceptors (Lipinski definition) is 8. The van der Waals surface area contributed by atoms with Crippen LogP contribution in [0.1, 0.15) is 50.8 Å². The molecule has 15 heteroatoms. The number of aromatic nitrogens is 1. The maximum atomic E-state index is 12.9. The summed E-state index contributed by atoms with van der Waals surface area (Å²) in [4.78, 5) is 40.9. The highest BCUT2D eigenvalue weighted by Gasteiger charge is 2.38. The van der Waals surface area contributed by atoms with E-state index < -0.39 is 24.3 Å². The Hall–Kier alpha value is -5.57. The van der Waals surface area contributed by atoms with Crippen molar-refractivity contribution in [3.8, 4) is 17.1 Å². The molecule has 280 valence electrons. The van der Waals surface area contributed by atoms with Gasteiger partial charge in [-0.25, -0.2) is 19.4 Å². The van der Waals surface area contributed by atoms with Gasteiger partial charge in [0.2, 0.25) is 0 Å². The lowest BCUT2D eigenvalue weighted by atomic mass is 10.1. The zero-order valence-corrected chi connectivity index (χ0v) is 29.4. The van der Waals surface area contributed by atoms with E-state index in [4.69, 9.17) is 23.8 Å². The van der Waals surface area contributed by atoms with Gasteiger partial charge in [0.05, 0.1) is 18.9 Å². The van der Waals surface area contributed by atoms with Crippen molar-refractivity contribution in [3.63, 3.8) is 0 Å². The number of methoxy groups -OCH3 is 1. The lowest BCUT2D eigenvalue weighted by Crippen LogP contribution is -2.32. The number of urea groups is 1. The van der Waals surface area contributed by atoms with Crippen LogP contribution < -0.4 is 20.7 Å². The molecular formula is C37H44F3N5O7. The molecule has 4 rings (SSSR count). The molecule has 52 heavy (non-hydrogen) atoms. The van der Waals surface area contributed by atoms with Gasteiger partial charge >= 0.3 is 24.3 Å². The van der Waals surface area contributed by atoms with Gasteiger partial charge in [0, 0.05) is 43.5 Å². The number of nitrogens with zero attached hydrogens (tertiary/aromatic N) is 2. The fourth-order valence-corrected chi connectivity index (χ4v) is 5.11. The van der Waals surface area contributed by atoms with Crippen molar-refractivity contribution in [2.45, 2.75) is 52.4 Å². The predicted octanol–water partition coefficient (Wildman–Crippen LogP) is 8.35. The van der Waals surface area contributed by atoms with E-state index >= 15 is 0 Å². The van der Waals surface area contributed by atoms with Crippen LogP contribution in [0, 0.1) is 5.92 Å². The molecule has 0 fully saturated rings. The molecule has 0 aliphatic heterocycles. The van der Waals surface area contributed by atoms with E-state index in [9.17, 15) is 22.8 Å². The Morgan fingerprint density at radius 1 is 0.962 bits per heavy atom. The number of amides is 3. The molecule has 0 bridgehead atoms. The molecule has 0 spiro atoms. The normalized spacial score (nSPS) is 11.6. The smallest absolute Gasteiger partial charge is 0.490 e. The number of oxazole rings is 1. The van der Waals surface area contributed by atoms with Gasteiger partial charge in [0.15, 0.2) is 12.2 Å². The van der Waals surface area contributed by atoms with Crippen LogP contribution in [0.15, 0.2) is 89.8 Å². The quantitative estimate of drug-likeness (QED) is 0.0946. The molecule has 1 unspecified atom stereocenters. The molecule has 3 amide bonds. The summed E-state index contributed by atoms with van der Waals surface area (Å²) in [6.07, 6.45) is -1.22. The summed E-state index contributed by atoms with van der Waals surface area (Å²) < 4.78 is 48.5. The monoisotopic (exact) mass is 727 g/mol. The summed E-state index contributed by atoms with van der Waals surface area (Å²) in [7, 11) is 1.55. The van der Waals surface area contributed by atoms with E-state index in [-0.39, 0.29) is 12.6 Å². The first-order chi connectivity index (χ1) is 24.8. The Morgan fingerprint density at radius 3 is 2.25 bits per heavy atom. The summed E-state index contributed by atoms with van der Waals surface area (Å²) in [6, 6.07) is 21.9. The van der Waals surface area contributed by atoms with Gasteiger partial charge in [-0.1, -0.05) is 63.2 Å². The van der Waals surface area contributed by atoms with E-state index in [2.05, 4.69) is 46.6 Å². The SMILES string of the molecule is CCCN(CCC(OC(=O)NCc1cccc(NC(=O)Nc2ccc(-c3cnco3)c(OC)c2)c1)c1ccccc1)CC(C)C.O=C(O)C(F)(F)F. The fraction of sp³-hybridized carbons (Fsp3) is 0.351. The number of ether oxygens (including phenoxy) is 2. The van der Waals surface area contributed by atoms with Gasteiger partial charge in [0.1, 0.15) is 11.9 Å². The molecule has 4 aromatic rings. The third-order valence-electron chi connectivity index (χ3n) is 7.31. The molecule has 1 atom stereocenters. The first-order valence-corrected chi connectivity index (χ1v) is 16.5. The molecule has 3 aromatic carbocycles. The summed E-state index contributed by atoms with van der Waals surface area (Å²) in [5.74, 6) is -1.10. The number of alkyl halides is 3. The van der Waals surface area contributed by atoms with Crippen LogP contribution in [0.2, 0.25) is 0 Å². The number of carboxylic acids is 1. The standard InChI is InChI=1S/C35H43N5O5.C2HF3O2/c1-5-17-40(23-25(2)3)18-16-31(27-11-7-6-8-12-27)45-35(42)37-21-26-10-9-13-28(19-26)38-34(41)39-29-14-15-30(32(20-29)43-4)33-22-36-24-44-33;3-2(4,5)1(6)7/h6-15,19-20,22,24-25,31H,5,16-18,21,23H2,1-4H3,(H,37,42)(H2,38,39,41);(H,6,7). The van der Waals surface area contributed by atoms with Gasteiger partial charge in [-0.3, -0.25) is 0 Å². The number of alkyl carbamates (subject to hydrolysis) is 1. The second-order valence-corrected chi connectivity index (χ2v) is 12.0. The number of carboxylic acid groups (broad SMARTS) is 1. The van der Waals surface area contributed by atoms with Gasteiger partial charge in [0.25, 0.3) is 0 Å². The number of hydrogen-bond donors (Lipinski definition) is 4. The number of nitrogens with one attached hydrogen (secondary N) is 3. The van der Waals surface area contributed by atoms with Crippen molar-refractivity contribution in [1.29, 1.82) is 0 Å². The first kappa shape index (κ1) is 40.9. The molecule has 4 N–H and O–H groups in total. The fourth-order valence-electron chi connectivity index (χ4n) is 5.11. The maximum absolute atomic E-state index is 12.9. The van der Waals surface area contributed by atoms with Crippen molar-refractivity contribution in [2.24, 2.45) is 5.92 Å². The molecular weight excluding hydrogens is 683 g/mol. The second kappa shape index (κ2) is 20.3. The molecule has 0 saturated carbocycles. The molecule has 0 saturated heterocycles. The number of rotatable bonds is 15. The van der Waals surface area contributed by atoms with Gasteiger partial charge in [-0.15, -0.1) is 0 Å². The number of anilines is 2. The zero-order valence-electron chi connectivity index (χ0n) is 29.4. The van der Waals surface area contributed by atoms with Crippen molar-refractivity contribution in [2.75, 3.05) is 37.4 Å². The average molecular weight is 728 g/mol. The molecule has 1 heterocycles. The van der Waals surface area contributed by atoms with Crippen LogP contribution in [0.4, 0.5) is 34.1 Å². The van der Waals surface area contributed by atoms with Crippen molar-refractivity contribution in [3.05, 3.63) is 96.5 Å². The number of aliphatic carboxylic acids is 1. The number of halogens is 3. The topological polar surface area (TPSA) is 155 Å². The second-order valence-electron chi connectivity index (χ2n) is 12.0. The molecule has 0 aliphatic rings. The van der Waals surface area contributed by atoms with Gasteiger partial charge in [-0.2, -0.15) is 13.2 Å². The summed E-state index contributed by atoms with van der Waals surface area (Å²) in [5, 5.41) is 15.6. The van der Waals surface area contributed by atoms with Crippen molar-refractivity contribution in [1.82, 2.24) is 15.2 Å². The third-order valence-corrected chi connectivity index (χ3v) is 7.31. The van der Waals surface area contributed by atoms with E-state index in [1.807, 2.05) is 42.5 Å². The van der Waals surface area contributed by atoms with Crippen molar-refractivity contribution >= 4 is 29.5 Å². The van der Waals surface area contributed by atoms with Crippen molar-refractivity contribution < 1.29 is 46.6 Å². The number of benzene rings is 3. The zero-order chi connectivity index (χ0) is 38.1. The van der Waals surface area contributed by atoms with Crippen LogP contribution in [0.5, 0.6) is 5.75 Å². The highest BCUT2D eigenvalue weighted by atomic mass is 19.4. The van der Waals surface area contributed by atoms with Crippen LogP contribution in [-0.4, -0.2) is 66.0 Å². The highest BCUT2D eigenvalue weighted by Crippen LogP contribution is 2.32. The Morgan fingerprint density at radius 2 is 1.65 bits per heavy atom. The third kappa shape index (κ3) is 14.0. The maximum Gasteiger partial charge on any atom is 0.490 e. The average Bonchev–Trinajstić information content (AvgIpc) is 3.64. The Labute approximate surface area is 300 Å². The Bertz CT molecular complexity index is 1700. The summed E-state index contributed by atoms with van der Waals surface area (Å²) >= 11 is 0. The lowest BCUT2D eigenvalue weighted by molar-refractivity contribution is -0.192. The van der Waals surface area contributed by atoms with E-state index in [1.54, 1.807) is 43.6 Å². The summed E-state index contributed by atoms with van der Waals surface area (Å²) in [6.45, 7) is 9.72. The predicted molar refractivity (Wildman–Crippen MR) is 190 cm³/mol. The summed E-state index contributed by atoms with van der Waals surface area (Å²) in [5.41, 5.74) is 3.62. The highest BCUT2D eigenvalue weighted by molar-refractivity contribution is 6.00. The van der Waals surface area contributed by atoms with Crippen LogP contribution in [0.3, 0.4) is 0 Å². The van der Waals surface area contributed by atoms with Gasteiger partial charge in [-0.05, 0) is 54.3 Å². The van der Waals surface area contributed by atoms with Crippen LogP contribution in [-0.2, 0) is 16.1 Å². The molecule has 1 aromatic heterocycles. The number of carbonyl (C=O) groups excluding carboxylic acids is 2. The first-order valence-electron chi connectivity index (χ1n) is 16.5. The van der Waals surface area contributed by atoms with E-state index in [0.29, 0.717) is 35.2 Å². The molecule has 12 nitrogen and oxygen atoms in total. The largest absolute Gasteiger partial charge is 0.496 e. The van der Waals surface area contributed by atoms with Crippen LogP contribution in [0.25, 0.3) is 11.3 Å². The lowest BCUT2D eigenvalue weighted by Gasteiger charge is -2.26. The minimum Gasteiger partial charge on any atom is -0.496 e. The minimum atomic E-state index is -5.08.